The third kappa shape index (κ3) is 6.24. The number of aliphatic imine (C=N–C) groups is 1. The van der Waals surface area contributed by atoms with Crippen molar-refractivity contribution in [2.45, 2.75) is 19.7 Å². The number of rotatable bonds is 6. The van der Waals surface area contributed by atoms with Crippen LogP contribution in [-0.4, -0.2) is 62.9 Å². The molecule has 7 nitrogen and oxygen atoms in total. The molecule has 0 saturated carbocycles. The van der Waals surface area contributed by atoms with E-state index in [0.29, 0.717) is 13.4 Å². The van der Waals surface area contributed by atoms with Crippen molar-refractivity contribution < 1.29 is 14.2 Å². The molecule has 4 rings (SSSR count). The molecule has 2 aliphatic rings. The minimum absolute atomic E-state index is 0. The molecule has 0 unspecified atom stereocenters. The van der Waals surface area contributed by atoms with Crippen LogP contribution < -0.4 is 14.8 Å². The molecule has 2 aromatic carbocycles. The molecule has 8 heteroatoms. The molecule has 0 radical (unpaired) electrons. The Morgan fingerprint density at radius 1 is 1.00 bits per heavy atom. The van der Waals surface area contributed by atoms with Gasteiger partial charge >= 0.3 is 0 Å². The number of piperazine rings is 1. The maximum Gasteiger partial charge on any atom is 0.231 e. The van der Waals surface area contributed by atoms with Gasteiger partial charge in [0.25, 0.3) is 0 Å². The van der Waals surface area contributed by atoms with E-state index in [1.54, 1.807) is 7.11 Å². The maximum absolute atomic E-state index is 5.50. The Hall–Kier alpha value is -2.04. The van der Waals surface area contributed by atoms with Crippen LogP contribution >= 0.6 is 24.0 Å². The molecule has 1 saturated heterocycles. The summed E-state index contributed by atoms with van der Waals surface area (Å²) >= 11 is 0. The van der Waals surface area contributed by atoms with Crippen LogP contribution in [-0.2, 0) is 24.4 Å². The lowest BCUT2D eigenvalue weighted by atomic mass is 10.1. The predicted octanol–water partition coefficient (Wildman–Crippen LogP) is 3.07. The van der Waals surface area contributed by atoms with Crippen molar-refractivity contribution in [2.75, 3.05) is 47.1 Å². The SMILES string of the molecule is CN=C(NCc1cccc(COC)c1)N1CCN(Cc2ccc3c(c2)OCO3)CC1.I. The third-order valence-electron chi connectivity index (χ3n) is 5.48. The number of nitrogens with zero attached hydrogens (tertiary/aromatic N) is 3. The van der Waals surface area contributed by atoms with Gasteiger partial charge in [0.2, 0.25) is 6.79 Å². The first kappa shape index (κ1) is 23.6. The quantitative estimate of drug-likeness (QED) is 0.347. The molecule has 0 aliphatic carbocycles. The van der Waals surface area contributed by atoms with Gasteiger partial charge in [-0.3, -0.25) is 9.89 Å². The van der Waals surface area contributed by atoms with Gasteiger partial charge < -0.3 is 24.4 Å². The second-order valence-electron chi connectivity index (χ2n) is 7.60. The van der Waals surface area contributed by atoms with Crippen LogP contribution in [0.25, 0.3) is 0 Å². The number of nitrogens with one attached hydrogen (secondary N) is 1. The standard InChI is InChI=1S/C23H30N4O3.HI/c1-24-23(25-14-18-4-3-5-20(12-18)16-28-2)27-10-8-26(9-11-27)15-19-6-7-21-22(13-19)30-17-29-21;/h3-7,12-13H,8-11,14-17H2,1-2H3,(H,24,25);1H. The van der Waals surface area contributed by atoms with Crippen LogP contribution in [0.3, 0.4) is 0 Å². The van der Waals surface area contributed by atoms with E-state index in [0.717, 1.165) is 56.7 Å². The highest BCUT2D eigenvalue weighted by Gasteiger charge is 2.21. The minimum atomic E-state index is 0. The first-order valence-corrected chi connectivity index (χ1v) is 10.4. The third-order valence-corrected chi connectivity index (χ3v) is 5.48. The van der Waals surface area contributed by atoms with Crippen molar-refractivity contribution in [2.24, 2.45) is 4.99 Å². The summed E-state index contributed by atoms with van der Waals surface area (Å²) in [4.78, 5) is 9.29. The molecule has 0 bridgehead atoms. The monoisotopic (exact) mass is 538 g/mol. The fourth-order valence-electron chi connectivity index (χ4n) is 3.92. The second-order valence-corrected chi connectivity index (χ2v) is 7.60. The van der Waals surface area contributed by atoms with Crippen molar-refractivity contribution in [3.05, 3.63) is 59.2 Å². The number of benzene rings is 2. The Bertz CT molecular complexity index is 885. The largest absolute Gasteiger partial charge is 0.454 e. The highest BCUT2D eigenvalue weighted by atomic mass is 127. The van der Waals surface area contributed by atoms with Gasteiger partial charge in [-0.25, -0.2) is 0 Å². The van der Waals surface area contributed by atoms with Crippen LogP contribution in [0.1, 0.15) is 16.7 Å². The molecular formula is C23H31IN4O3. The Balaban J connectivity index is 0.00000272. The van der Waals surface area contributed by atoms with Gasteiger partial charge in [0.1, 0.15) is 0 Å². The summed E-state index contributed by atoms with van der Waals surface area (Å²) in [6, 6.07) is 14.7. The van der Waals surface area contributed by atoms with Crippen LogP contribution in [0, 0.1) is 0 Å². The molecule has 168 valence electrons. The number of guanidine groups is 1. The van der Waals surface area contributed by atoms with E-state index in [4.69, 9.17) is 14.2 Å². The average molecular weight is 538 g/mol. The van der Waals surface area contributed by atoms with E-state index < -0.39 is 0 Å². The number of ether oxygens (including phenoxy) is 3. The lowest BCUT2D eigenvalue weighted by Gasteiger charge is -2.36. The van der Waals surface area contributed by atoms with Crippen molar-refractivity contribution >= 4 is 29.9 Å². The van der Waals surface area contributed by atoms with Crippen LogP contribution in [0.5, 0.6) is 11.5 Å². The van der Waals surface area contributed by atoms with Gasteiger partial charge in [0.05, 0.1) is 6.61 Å². The highest BCUT2D eigenvalue weighted by Crippen LogP contribution is 2.32. The van der Waals surface area contributed by atoms with Gasteiger partial charge in [-0.15, -0.1) is 24.0 Å². The van der Waals surface area contributed by atoms with E-state index in [1.807, 2.05) is 13.1 Å². The van der Waals surface area contributed by atoms with Gasteiger partial charge in [-0.2, -0.15) is 0 Å². The lowest BCUT2D eigenvalue weighted by molar-refractivity contribution is 0.171. The molecule has 31 heavy (non-hydrogen) atoms. The molecule has 2 aromatic rings. The summed E-state index contributed by atoms with van der Waals surface area (Å²) in [6.07, 6.45) is 0. The summed E-state index contributed by atoms with van der Waals surface area (Å²) in [5.74, 6) is 2.64. The number of fused-ring (bicyclic) bond motifs is 1. The highest BCUT2D eigenvalue weighted by molar-refractivity contribution is 14.0. The number of hydrogen-bond donors (Lipinski definition) is 1. The fraction of sp³-hybridized carbons (Fsp3) is 0.435. The van der Waals surface area contributed by atoms with E-state index in [9.17, 15) is 0 Å². The zero-order chi connectivity index (χ0) is 20.8. The summed E-state index contributed by atoms with van der Waals surface area (Å²) in [7, 11) is 3.57. The smallest absolute Gasteiger partial charge is 0.231 e. The van der Waals surface area contributed by atoms with Gasteiger partial charge in [0.15, 0.2) is 17.5 Å². The number of methoxy groups -OCH3 is 1. The molecule has 0 atom stereocenters. The Morgan fingerprint density at radius 3 is 2.55 bits per heavy atom. The van der Waals surface area contributed by atoms with Crippen LogP contribution in [0.15, 0.2) is 47.5 Å². The zero-order valence-electron chi connectivity index (χ0n) is 18.2. The average Bonchev–Trinajstić information content (AvgIpc) is 3.24. The topological polar surface area (TPSA) is 58.6 Å². The maximum atomic E-state index is 5.50. The van der Waals surface area contributed by atoms with E-state index >= 15 is 0 Å². The molecule has 1 N–H and O–H groups in total. The molecule has 0 spiro atoms. The summed E-state index contributed by atoms with van der Waals surface area (Å²) < 4.78 is 16.1. The molecule has 1 fully saturated rings. The van der Waals surface area contributed by atoms with Crippen LogP contribution in [0.4, 0.5) is 0 Å². The van der Waals surface area contributed by atoms with Gasteiger partial charge in [0, 0.05) is 53.4 Å². The fourth-order valence-corrected chi connectivity index (χ4v) is 3.92. The molecule has 2 aliphatic heterocycles. The Kier molecular flexibility index (Phi) is 8.79. The lowest BCUT2D eigenvalue weighted by Crippen LogP contribution is -2.52. The van der Waals surface area contributed by atoms with E-state index in [2.05, 4.69) is 56.5 Å². The van der Waals surface area contributed by atoms with Crippen molar-refractivity contribution in [3.63, 3.8) is 0 Å². The van der Waals surface area contributed by atoms with Crippen LogP contribution in [0.2, 0.25) is 0 Å². The summed E-state index contributed by atoms with van der Waals surface area (Å²) in [5.41, 5.74) is 3.67. The van der Waals surface area contributed by atoms with E-state index in [1.165, 1.54) is 16.7 Å². The Labute approximate surface area is 201 Å². The second kappa shape index (κ2) is 11.5. The van der Waals surface area contributed by atoms with Gasteiger partial charge in [-0.05, 0) is 28.8 Å². The predicted molar refractivity (Wildman–Crippen MR) is 132 cm³/mol. The first-order chi connectivity index (χ1) is 14.7. The van der Waals surface area contributed by atoms with Crippen molar-refractivity contribution in [3.8, 4) is 11.5 Å². The normalized spacial score (nSPS) is 16.2. The zero-order valence-corrected chi connectivity index (χ0v) is 20.5. The minimum Gasteiger partial charge on any atom is -0.454 e. The Morgan fingerprint density at radius 2 is 1.77 bits per heavy atom. The van der Waals surface area contributed by atoms with Crippen molar-refractivity contribution in [1.29, 1.82) is 0 Å². The summed E-state index contributed by atoms with van der Waals surface area (Å²) in [6.45, 7) is 6.53. The molecule has 2 heterocycles. The number of hydrogen-bond acceptors (Lipinski definition) is 5. The van der Waals surface area contributed by atoms with E-state index in [-0.39, 0.29) is 24.0 Å². The van der Waals surface area contributed by atoms with Gasteiger partial charge in [-0.1, -0.05) is 30.3 Å². The number of halogens is 1. The van der Waals surface area contributed by atoms with Crippen molar-refractivity contribution in [1.82, 2.24) is 15.1 Å². The molecule has 0 amide bonds. The summed E-state index contributed by atoms with van der Waals surface area (Å²) in [5, 5.41) is 3.50. The molecular weight excluding hydrogens is 507 g/mol. The molecule has 0 aromatic heterocycles. The first-order valence-electron chi connectivity index (χ1n) is 10.4.